The van der Waals surface area contributed by atoms with Crippen LogP contribution in [-0.4, -0.2) is 0 Å². The van der Waals surface area contributed by atoms with Gasteiger partial charge in [-0.2, -0.15) is 0 Å². The van der Waals surface area contributed by atoms with Gasteiger partial charge in [0.25, 0.3) is 0 Å². The van der Waals surface area contributed by atoms with E-state index in [4.69, 9.17) is 0 Å². The summed E-state index contributed by atoms with van der Waals surface area (Å²) in [6.07, 6.45) is 0. The maximum absolute atomic E-state index is 2.63. The topological polar surface area (TPSA) is 6.48 Å². The molecule has 3 heterocycles. The van der Waals surface area contributed by atoms with E-state index in [1.165, 1.54) is 81.3 Å². The number of hydrogen-bond donors (Lipinski definition) is 0. The molecule has 12 rings (SSSR count). The van der Waals surface area contributed by atoms with Crippen LogP contribution in [-0.2, 0) is 0 Å². The van der Waals surface area contributed by atoms with Gasteiger partial charge in [0.15, 0.2) is 0 Å². The van der Waals surface area contributed by atoms with Crippen molar-refractivity contribution in [2.45, 2.75) is 16.2 Å². The lowest BCUT2D eigenvalue weighted by Gasteiger charge is -2.28. The standard InChI is InChI=1S/C58H40N2S2/c1-3-12-39(13-4-1)41-22-24-42(25-23-41)44-28-34-48(35-29-44)59(47-32-26-43(27-33-47)40-14-5-2-6-15-40)50-17-11-16-46(38-50)45-30-36-49(37-31-45)60-55-51-18-7-9-20-53(51)61-57(55)58-56(60)52-19-8-10-21-54(52)62-58/h1-38,55,57H. The van der Waals surface area contributed by atoms with Crippen molar-refractivity contribution in [3.63, 3.8) is 0 Å². The van der Waals surface area contributed by atoms with Gasteiger partial charge in [0.2, 0.25) is 0 Å². The van der Waals surface area contributed by atoms with Crippen molar-refractivity contribution in [2.24, 2.45) is 0 Å². The minimum absolute atomic E-state index is 0.276. The fraction of sp³-hybridized carbons (Fsp3) is 0.0345. The zero-order valence-electron chi connectivity index (χ0n) is 33.8. The summed E-state index contributed by atoms with van der Waals surface area (Å²) in [5, 5.41) is 1.74. The van der Waals surface area contributed by atoms with Crippen molar-refractivity contribution in [2.75, 3.05) is 9.80 Å². The van der Waals surface area contributed by atoms with Gasteiger partial charge in [-0.1, -0.05) is 170 Å². The van der Waals surface area contributed by atoms with Crippen LogP contribution in [0.3, 0.4) is 0 Å². The maximum Gasteiger partial charge on any atom is 0.0774 e. The highest BCUT2D eigenvalue weighted by Crippen LogP contribution is 2.67. The summed E-state index contributed by atoms with van der Waals surface area (Å²) in [5.74, 6) is 0. The Morgan fingerprint density at radius 1 is 0.387 bits per heavy atom. The maximum atomic E-state index is 2.63. The Bertz CT molecular complexity index is 3190. The molecular formula is C58H40N2S2. The molecule has 4 heteroatoms. The first-order valence-electron chi connectivity index (χ1n) is 21.2. The molecule has 2 unspecified atom stereocenters. The zero-order valence-corrected chi connectivity index (χ0v) is 35.4. The van der Waals surface area contributed by atoms with E-state index in [1.54, 1.807) is 0 Å². The van der Waals surface area contributed by atoms with E-state index in [0.29, 0.717) is 5.25 Å². The van der Waals surface area contributed by atoms with Gasteiger partial charge in [0.1, 0.15) is 0 Å². The van der Waals surface area contributed by atoms with Crippen LogP contribution in [0.15, 0.2) is 235 Å². The minimum Gasteiger partial charge on any atom is -0.331 e. The van der Waals surface area contributed by atoms with Gasteiger partial charge in [-0.25, -0.2) is 0 Å². The molecule has 0 N–H and O–H groups in total. The molecule has 0 saturated heterocycles. The van der Waals surface area contributed by atoms with Gasteiger partial charge in [-0.3, -0.25) is 0 Å². The first-order chi connectivity index (χ1) is 30.7. The third kappa shape index (κ3) is 6.42. The third-order valence-electron chi connectivity index (χ3n) is 12.4. The highest BCUT2D eigenvalue weighted by molar-refractivity contribution is 8.00. The summed E-state index contributed by atoms with van der Waals surface area (Å²) in [6, 6.07) is 84.4. The number of benzene rings is 9. The first-order valence-corrected chi connectivity index (χ1v) is 22.9. The Hall–Kier alpha value is -7.11. The van der Waals surface area contributed by atoms with Crippen LogP contribution in [0.25, 0.3) is 54.6 Å². The highest BCUT2D eigenvalue weighted by atomic mass is 32.2. The fourth-order valence-corrected chi connectivity index (χ4v) is 12.3. The molecular weight excluding hydrogens is 789 g/mol. The van der Waals surface area contributed by atoms with E-state index in [1.807, 2.05) is 23.1 Å². The Labute approximate surface area is 371 Å². The molecule has 0 saturated carbocycles. The SMILES string of the molecule is c1ccc(-c2ccc(-c3ccc(N(c4ccc(-c5ccccc5)cc4)c4cccc(-c5ccc(N6c7c(sc8ccccc78)C7Sc8ccccc8C76)cc5)c4)cc3)cc2)cc1. The molecule has 10 aromatic rings. The van der Waals surface area contributed by atoms with E-state index < -0.39 is 0 Å². The van der Waals surface area contributed by atoms with Gasteiger partial charge in [0.05, 0.1) is 17.0 Å². The molecule has 0 bridgehead atoms. The van der Waals surface area contributed by atoms with Crippen LogP contribution < -0.4 is 9.80 Å². The summed E-state index contributed by atoms with van der Waals surface area (Å²) < 4.78 is 1.36. The van der Waals surface area contributed by atoms with Gasteiger partial charge in [0, 0.05) is 42.6 Å². The van der Waals surface area contributed by atoms with Crippen LogP contribution >= 0.6 is 23.1 Å². The smallest absolute Gasteiger partial charge is 0.0774 e. The Morgan fingerprint density at radius 2 is 0.871 bits per heavy atom. The van der Waals surface area contributed by atoms with E-state index in [0.717, 1.165) is 17.1 Å². The number of thioether (sulfide) groups is 1. The molecule has 9 aromatic carbocycles. The molecule has 0 spiro atoms. The van der Waals surface area contributed by atoms with E-state index in [-0.39, 0.29) is 6.04 Å². The van der Waals surface area contributed by atoms with E-state index >= 15 is 0 Å². The second-order valence-corrected chi connectivity index (χ2v) is 18.3. The van der Waals surface area contributed by atoms with E-state index in [2.05, 4.69) is 240 Å². The van der Waals surface area contributed by atoms with Gasteiger partial charge >= 0.3 is 0 Å². The number of fused-ring (bicyclic) bond motifs is 7. The predicted octanol–water partition coefficient (Wildman–Crippen LogP) is 17.1. The lowest BCUT2D eigenvalue weighted by molar-refractivity contribution is 0.741. The van der Waals surface area contributed by atoms with Crippen molar-refractivity contribution >= 4 is 61.6 Å². The predicted molar refractivity (Wildman–Crippen MR) is 265 cm³/mol. The second kappa shape index (κ2) is 15.4. The van der Waals surface area contributed by atoms with Crippen LogP contribution in [0.4, 0.5) is 28.4 Å². The van der Waals surface area contributed by atoms with Crippen LogP contribution in [0.2, 0.25) is 0 Å². The number of hydrogen-bond acceptors (Lipinski definition) is 4. The molecule has 294 valence electrons. The summed E-state index contributed by atoms with van der Waals surface area (Å²) in [6.45, 7) is 0. The summed E-state index contributed by atoms with van der Waals surface area (Å²) in [7, 11) is 0. The lowest BCUT2D eigenvalue weighted by Crippen LogP contribution is -2.19. The molecule has 62 heavy (non-hydrogen) atoms. The molecule has 0 radical (unpaired) electrons. The number of anilines is 5. The summed E-state index contributed by atoms with van der Waals surface area (Å²) >= 11 is 3.99. The average Bonchev–Trinajstić information content (AvgIpc) is 4.01. The molecule has 0 amide bonds. The van der Waals surface area contributed by atoms with Crippen molar-refractivity contribution in [1.29, 1.82) is 0 Å². The average molecular weight is 829 g/mol. The zero-order chi connectivity index (χ0) is 41.0. The monoisotopic (exact) mass is 828 g/mol. The van der Waals surface area contributed by atoms with Crippen molar-refractivity contribution in [3.8, 4) is 44.5 Å². The summed E-state index contributed by atoms with van der Waals surface area (Å²) in [5.41, 5.74) is 17.0. The van der Waals surface area contributed by atoms with Gasteiger partial charge in [-0.15, -0.1) is 23.1 Å². The van der Waals surface area contributed by atoms with E-state index in [9.17, 15) is 0 Å². The minimum atomic E-state index is 0.276. The number of nitrogens with zero attached hydrogens (tertiary/aromatic N) is 2. The normalized spacial score (nSPS) is 15.0. The molecule has 2 nitrogen and oxygen atoms in total. The lowest BCUT2D eigenvalue weighted by atomic mass is 9.99. The molecule has 2 aliphatic rings. The highest BCUT2D eigenvalue weighted by Gasteiger charge is 2.48. The van der Waals surface area contributed by atoms with Crippen LogP contribution in [0.5, 0.6) is 0 Å². The van der Waals surface area contributed by atoms with Crippen molar-refractivity contribution in [3.05, 3.63) is 241 Å². The molecule has 2 aliphatic heterocycles. The second-order valence-electron chi connectivity index (χ2n) is 16.0. The molecule has 0 fully saturated rings. The Morgan fingerprint density at radius 3 is 1.50 bits per heavy atom. The van der Waals surface area contributed by atoms with Gasteiger partial charge in [-0.05, 0) is 111 Å². The number of rotatable bonds is 8. The number of thiophene rings is 1. The third-order valence-corrected chi connectivity index (χ3v) is 15.2. The van der Waals surface area contributed by atoms with Crippen LogP contribution in [0, 0.1) is 0 Å². The largest absolute Gasteiger partial charge is 0.331 e. The fourth-order valence-electron chi connectivity index (χ4n) is 9.40. The van der Waals surface area contributed by atoms with Crippen molar-refractivity contribution in [1.82, 2.24) is 0 Å². The molecule has 1 aromatic heterocycles. The summed E-state index contributed by atoms with van der Waals surface area (Å²) in [4.78, 5) is 7.88. The Kier molecular flexibility index (Phi) is 9.13. The van der Waals surface area contributed by atoms with Crippen molar-refractivity contribution < 1.29 is 0 Å². The molecule has 2 atom stereocenters. The first kappa shape index (κ1) is 36.7. The van der Waals surface area contributed by atoms with Gasteiger partial charge < -0.3 is 9.80 Å². The Balaban J connectivity index is 0.892. The molecule has 0 aliphatic carbocycles. The quantitative estimate of drug-likeness (QED) is 0.151. The van der Waals surface area contributed by atoms with Crippen LogP contribution in [0.1, 0.15) is 21.7 Å².